The Morgan fingerprint density at radius 2 is 2.33 bits per heavy atom. The number of aromatic nitrogens is 1. The van der Waals surface area contributed by atoms with Crippen LogP contribution in [-0.4, -0.2) is 49.1 Å². The van der Waals surface area contributed by atoms with Crippen LogP contribution in [0.2, 0.25) is 5.02 Å². The van der Waals surface area contributed by atoms with Crippen molar-refractivity contribution in [3.63, 3.8) is 0 Å². The highest BCUT2D eigenvalue weighted by atomic mass is 35.5. The summed E-state index contributed by atoms with van der Waals surface area (Å²) in [5.74, 6) is 1.50. The van der Waals surface area contributed by atoms with Crippen molar-refractivity contribution >= 4 is 17.5 Å². The minimum absolute atomic E-state index is 0.00946. The molecule has 0 saturated carbocycles. The van der Waals surface area contributed by atoms with Gasteiger partial charge in [0.15, 0.2) is 0 Å². The normalized spacial score (nSPS) is 17.8. The summed E-state index contributed by atoms with van der Waals surface area (Å²) < 4.78 is 10.8. The summed E-state index contributed by atoms with van der Waals surface area (Å²) in [6.45, 7) is 5.38. The van der Waals surface area contributed by atoms with E-state index in [-0.39, 0.29) is 11.8 Å². The number of aryl methyl sites for hydroxylation is 1. The third kappa shape index (κ3) is 5.31. The SMILES string of the molecule is COCCNC(=O)C1CCCN(Cc2nc(-c3cccc(Cl)c3)oc2C)C1. The Balaban J connectivity index is 1.62. The average molecular weight is 392 g/mol. The maximum Gasteiger partial charge on any atom is 0.226 e. The summed E-state index contributed by atoms with van der Waals surface area (Å²) in [7, 11) is 1.63. The van der Waals surface area contributed by atoms with Gasteiger partial charge in [-0.25, -0.2) is 4.98 Å². The van der Waals surface area contributed by atoms with Gasteiger partial charge in [-0.3, -0.25) is 9.69 Å². The topological polar surface area (TPSA) is 67.6 Å². The van der Waals surface area contributed by atoms with Gasteiger partial charge in [-0.15, -0.1) is 0 Å². The third-order valence-corrected chi connectivity index (χ3v) is 5.05. The zero-order valence-electron chi connectivity index (χ0n) is 15.8. The number of oxazole rings is 1. The molecule has 1 unspecified atom stereocenters. The molecular weight excluding hydrogens is 366 g/mol. The molecule has 1 aromatic carbocycles. The van der Waals surface area contributed by atoms with E-state index < -0.39 is 0 Å². The molecule has 146 valence electrons. The van der Waals surface area contributed by atoms with E-state index in [9.17, 15) is 4.79 Å². The van der Waals surface area contributed by atoms with Gasteiger partial charge in [0.1, 0.15) is 5.76 Å². The Hall–Kier alpha value is -1.89. The fourth-order valence-electron chi connectivity index (χ4n) is 3.37. The van der Waals surface area contributed by atoms with Crippen LogP contribution in [0.4, 0.5) is 0 Å². The molecule has 0 bridgehead atoms. The van der Waals surface area contributed by atoms with E-state index in [1.54, 1.807) is 7.11 Å². The van der Waals surface area contributed by atoms with Crippen LogP contribution in [0.1, 0.15) is 24.3 Å². The van der Waals surface area contributed by atoms with Crippen molar-refractivity contribution in [2.24, 2.45) is 5.92 Å². The fourth-order valence-corrected chi connectivity index (χ4v) is 3.56. The Morgan fingerprint density at radius 3 is 3.11 bits per heavy atom. The van der Waals surface area contributed by atoms with Gasteiger partial charge in [0.2, 0.25) is 11.8 Å². The first-order valence-electron chi connectivity index (χ1n) is 9.28. The zero-order valence-corrected chi connectivity index (χ0v) is 16.6. The lowest BCUT2D eigenvalue weighted by atomic mass is 9.97. The number of methoxy groups -OCH3 is 1. The molecule has 1 aromatic heterocycles. The summed E-state index contributed by atoms with van der Waals surface area (Å²) in [4.78, 5) is 19.3. The Labute approximate surface area is 164 Å². The number of hydrogen-bond acceptors (Lipinski definition) is 5. The number of ether oxygens (including phenoxy) is 1. The second-order valence-corrected chi connectivity index (χ2v) is 7.33. The first-order chi connectivity index (χ1) is 13.1. The van der Waals surface area contributed by atoms with E-state index in [0.29, 0.717) is 30.6 Å². The molecular formula is C20H26ClN3O3. The van der Waals surface area contributed by atoms with Gasteiger partial charge in [0, 0.05) is 37.3 Å². The van der Waals surface area contributed by atoms with Crippen LogP contribution in [0.5, 0.6) is 0 Å². The Bertz CT molecular complexity index is 778. The molecule has 1 amide bonds. The highest BCUT2D eigenvalue weighted by Crippen LogP contribution is 2.26. The molecule has 1 aliphatic heterocycles. The molecule has 1 aliphatic rings. The number of likely N-dealkylation sites (tertiary alicyclic amines) is 1. The van der Waals surface area contributed by atoms with Crippen LogP contribution in [0, 0.1) is 12.8 Å². The molecule has 1 atom stereocenters. The van der Waals surface area contributed by atoms with Crippen molar-refractivity contribution < 1.29 is 13.9 Å². The van der Waals surface area contributed by atoms with E-state index in [1.165, 1.54) is 0 Å². The van der Waals surface area contributed by atoms with Crippen LogP contribution < -0.4 is 5.32 Å². The number of nitrogens with one attached hydrogen (secondary N) is 1. The number of halogens is 1. The molecule has 27 heavy (non-hydrogen) atoms. The number of carbonyl (C=O) groups is 1. The summed E-state index contributed by atoms with van der Waals surface area (Å²) in [5.41, 5.74) is 1.77. The number of benzene rings is 1. The van der Waals surface area contributed by atoms with E-state index in [2.05, 4.69) is 15.2 Å². The van der Waals surface area contributed by atoms with Gasteiger partial charge in [-0.05, 0) is 44.5 Å². The van der Waals surface area contributed by atoms with Crippen molar-refractivity contribution in [1.29, 1.82) is 0 Å². The summed E-state index contributed by atoms with van der Waals surface area (Å²) in [6, 6.07) is 7.49. The first-order valence-corrected chi connectivity index (χ1v) is 9.66. The molecule has 3 rings (SSSR count). The quantitative estimate of drug-likeness (QED) is 0.733. The highest BCUT2D eigenvalue weighted by molar-refractivity contribution is 6.30. The third-order valence-electron chi connectivity index (χ3n) is 4.82. The molecule has 0 radical (unpaired) electrons. The highest BCUT2D eigenvalue weighted by Gasteiger charge is 2.26. The van der Waals surface area contributed by atoms with Gasteiger partial charge in [0.05, 0.1) is 18.2 Å². The van der Waals surface area contributed by atoms with Crippen molar-refractivity contribution in [2.75, 3.05) is 33.4 Å². The van der Waals surface area contributed by atoms with Gasteiger partial charge < -0.3 is 14.5 Å². The molecule has 7 heteroatoms. The molecule has 1 fully saturated rings. The van der Waals surface area contributed by atoms with Crippen LogP contribution >= 0.6 is 11.6 Å². The largest absolute Gasteiger partial charge is 0.441 e. The molecule has 1 saturated heterocycles. The van der Waals surface area contributed by atoms with E-state index in [1.807, 2.05) is 31.2 Å². The summed E-state index contributed by atoms with van der Waals surface area (Å²) >= 11 is 6.06. The lowest BCUT2D eigenvalue weighted by Gasteiger charge is -2.31. The number of amides is 1. The number of nitrogens with zero attached hydrogens (tertiary/aromatic N) is 2. The maximum absolute atomic E-state index is 12.3. The van der Waals surface area contributed by atoms with E-state index in [0.717, 1.165) is 42.9 Å². The van der Waals surface area contributed by atoms with Crippen molar-refractivity contribution in [2.45, 2.75) is 26.3 Å². The smallest absolute Gasteiger partial charge is 0.226 e. The molecule has 6 nitrogen and oxygen atoms in total. The van der Waals surface area contributed by atoms with Crippen LogP contribution in [0.25, 0.3) is 11.5 Å². The van der Waals surface area contributed by atoms with E-state index >= 15 is 0 Å². The number of carbonyl (C=O) groups excluding carboxylic acids is 1. The second-order valence-electron chi connectivity index (χ2n) is 6.89. The molecule has 2 heterocycles. The van der Waals surface area contributed by atoms with Crippen LogP contribution in [0.3, 0.4) is 0 Å². The van der Waals surface area contributed by atoms with Gasteiger partial charge in [-0.1, -0.05) is 17.7 Å². The van der Waals surface area contributed by atoms with Crippen molar-refractivity contribution in [3.8, 4) is 11.5 Å². The average Bonchev–Trinajstić information content (AvgIpc) is 3.03. The minimum Gasteiger partial charge on any atom is -0.441 e. The summed E-state index contributed by atoms with van der Waals surface area (Å²) in [6.07, 6.45) is 1.92. The van der Waals surface area contributed by atoms with Crippen LogP contribution in [-0.2, 0) is 16.1 Å². The second kappa shape index (κ2) is 9.35. The monoisotopic (exact) mass is 391 g/mol. The van der Waals surface area contributed by atoms with Crippen molar-refractivity contribution in [3.05, 3.63) is 40.7 Å². The maximum atomic E-state index is 12.3. The predicted molar refractivity (Wildman–Crippen MR) is 105 cm³/mol. The summed E-state index contributed by atoms with van der Waals surface area (Å²) in [5, 5.41) is 3.60. The lowest BCUT2D eigenvalue weighted by molar-refractivity contribution is -0.127. The van der Waals surface area contributed by atoms with E-state index in [4.69, 9.17) is 20.8 Å². The lowest BCUT2D eigenvalue weighted by Crippen LogP contribution is -2.43. The molecule has 0 spiro atoms. The van der Waals surface area contributed by atoms with Gasteiger partial charge in [0.25, 0.3) is 0 Å². The zero-order chi connectivity index (χ0) is 19.2. The minimum atomic E-state index is 0.00946. The van der Waals surface area contributed by atoms with Crippen LogP contribution in [0.15, 0.2) is 28.7 Å². The molecule has 1 N–H and O–H groups in total. The number of rotatable bonds is 7. The standard InChI is InChI=1S/C20H26ClN3O3/c1-14-18(23-20(27-14)15-5-3-7-17(21)11-15)13-24-9-4-6-16(12-24)19(25)22-8-10-26-2/h3,5,7,11,16H,4,6,8-10,12-13H2,1-2H3,(H,22,25). The first kappa shape index (κ1) is 19.9. The number of hydrogen-bond donors (Lipinski definition) is 1. The fraction of sp³-hybridized carbons (Fsp3) is 0.500. The Morgan fingerprint density at radius 1 is 1.48 bits per heavy atom. The Kier molecular flexibility index (Phi) is 6.88. The number of piperidine rings is 1. The molecule has 0 aliphatic carbocycles. The van der Waals surface area contributed by atoms with Gasteiger partial charge in [-0.2, -0.15) is 0 Å². The van der Waals surface area contributed by atoms with Crippen molar-refractivity contribution in [1.82, 2.24) is 15.2 Å². The molecule has 2 aromatic rings. The predicted octanol–water partition coefficient (Wildman–Crippen LogP) is 3.28. The van der Waals surface area contributed by atoms with Gasteiger partial charge >= 0.3 is 0 Å².